The van der Waals surface area contributed by atoms with E-state index < -0.39 is 0 Å². The highest BCUT2D eigenvalue weighted by atomic mass is 35.5. The van der Waals surface area contributed by atoms with Crippen molar-refractivity contribution >= 4 is 23.4 Å². The molecule has 0 amide bonds. The predicted octanol–water partition coefficient (Wildman–Crippen LogP) is 4.13. The molecule has 3 heteroatoms. The zero-order chi connectivity index (χ0) is 11.8. The molecule has 1 rings (SSSR count). The maximum Gasteiger partial charge on any atom is 0.0406 e. The van der Waals surface area contributed by atoms with Gasteiger partial charge in [0.1, 0.15) is 0 Å². The second kappa shape index (κ2) is 7.99. The maximum atomic E-state index is 5.85. The molecular weight excluding hydrogens is 238 g/mol. The summed E-state index contributed by atoms with van der Waals surface area (Å²) in [6.45, 7) is 5.47. The van der Waals surface area contributed by atoms with E-state index in [4.69, 9.17) is 11.6 Å². The van der Waals surface area contributed by atoms with Crippen LogP contribution in [-0.2, 0) is 0 Å². The summed E-state index contributed by atoms with van der Waals surface area (Å²) in [6, 6.07) is 8.47. The van der Waals surface area contributed by atoms with Crippen molar-refractivity contribution in [3.05, 3.63) is 34.9 Å². The van der Waals surface area contributed by atoms with Crippen LogP contribution in [0.4, 0.5) is 0 Å². The van der Waals surface area contributed by atoms with Crippen LogP contribution in [0.3, 0.4) is 0 Å². The fourth-order valence-corrected chi connectivity index (χ4v) is 2.27. The van der Waals surface area contributed by atoms with Gasteiger partial charge < -0.3 is 5.32 Å². The van der Waals surface area contributed by atoms with Crippen molar-refractivity contribution in [2.45, 2.75) is 26.3 Å². The zero-order valence-electron chi connectivity index (χ0n) is 10.0. The van der Waals surface area contributed by atoms with E-state index in [0.717, 1.165) is 11.6 Å². The molecule has 0 aliphatic rings. The molecule has 90 valence electrons. The normalized spacial score (nSPS) is 12.7. The monoisotopic (exact) mass is 257 g/mol. The minimum absolute atomic E-state index is 0.406. The molecule has 0 fully saturated rings. The van der Waals surface area contributed by atoms with Gasteiger partial charge in [-0.15, -0.1) is 0 Å². The first kappa shape index (κ1) is 13.9. The van der Waals surface area contributed by atoms with E-state index in [1.165, 1.54) is 23.5 Å². The van der Waals surface area contributed by atoms with E-state index in [2.05, 4.69) is 31.3 Å². The van der Waals surface area contributed by atoms with Crippen LogP contribution in [-0.4, -0.2) is 18.1 Å². The van der Waals surface area contributed by atoms with Gasteiger partial charge in [0, 0.05) is 11.1 Å². The van der Waals surface area contributed by atoms with Crippen molar-refractivity contribution in [3.63, 3.8) is 0 Å². The van der Waals surface area contributed by atoms with E-state index in [-0.39, 0.29) is 0 Å². The fraction of sp³-hybridized carbons (Fsp3) is 0.538. The molecule has 0 spiro atoms. The van der Waals surface area contributed by atoms with Crippen LogP contribution in [0, 0.1) is 0 Å². The molecule has 1 atom stereocenters. The summed E-state index contributed by atoms with van der Waals surface area (Å²) in [6.07, 6.45) is 1.23. The highest BCUT2D eigenvalue weighted by molar-refractivity contribution is 7.99. The number of halogens is 1. The largest absolute Gasteiger partial charge is 0.310 e. The van der Waals surface area contributed by atoms with Crippen LogP contribution in [0.1, 0.15) is 31.9 Å². The average Bonchev–Trinajstić information content (AvgIpc) is 2.29. The number of rotatable bonds is 7. The van der Waals surface area contributed by atoms with Crippen molar-refractivity contribution in [3.8, 4) is 0 Å². The summed E-state index contributed by atoms with van der Waals surface area (Å²) in [5, 5.41) is 4.32. The fourth-order valence-electron chi connectivity index (χ4n) is 1.51. The zero-order valence-corrected chi connectivity index (χ0v) is 11.6. The lowest BCUT2D eigenvalue weighted by Gasteiger charge is -2.14. The number of thioether (sulfide) groups is 1. The third kappa shape index (κ3) is 5.24. The van der Waals surface area contributed by atoms with Crippen molar-refractivity contribution < 1.29 is 0 Å². The maximum absolute atomic E-state index is 5.85. The summed E-state index contributed by atoms with van der Waals surface area (Å²) < 4.78 is 0. The first-order valence-corrected chi connectivity index (χ1v) is 7.34. The molecule has 0 aromatic heterocycles. The average molecular weight is 258 g/mol. The second-order valence-corrected chi connectivity index (χ2v) is 5.61. The molecule has 1 N–H and O–H groups in total. The number of benzene rings is 1. The molecule has 1 aromatic carbocycles. The second-order valence-electron chi connectivity index (χ2n) is 3.78. The van der Waals surface area contributed by atoms with Gasteiger partial charge in [0.05, 0.1) is 0 Å². The van der Waals surface area contributed by atoms with Crippen LogP contribution in [0.2, 0.25) is 5.02 Å². The van der Waals surface area contributed by atoms with Gasteiger partial charge in [0.2, 0.25) is 0 Å². The Hall–Kier alpha value is -0.180. The minimum atomic E-state index is 0.406. The molecule has 0 bridgehead atoms. The van der Waals surface area contributed by atoms with Gasteiger partial charge >= 0.3 is 0 Å². The van der Waals surface area contributed by atoms with Gasteiger partial charge in [-0.3, -0.25) is 0 Å². The summed E-state index contributed by atoms with van der Waals surface area (Å²) in [5.74, 6) is 2.46. The number of hydrogen-bond donors (Lipinski definition) is 1. The van der Waals surface area contributed by atoms with Gasteiger partial charge in [0.15, 0.2) is 0 Å². The Balaban J connectivity index is 2.24. The lowest BCUT2D eigenvalue weighted by molar-refractivity contribution is 0.572. The van der Waals surface area contributed by atoms with E-state index in [0.29, 0.717) is 6.04 Å². The van der Waals surface area contributed by atoms with Crippen LogP contribution in [0.25, 0.3) is 0 Å². The Kier molecular flexibility index (Phi) is 6.93. The van der Waals surface area contributed by atoms with Crippen LogP contribution < -0.4 is 5.32 Å². The number of hydrogen-bond acceptors (Lipinski definition) is 2. The first-order valence-electron chi connectivity index (χ1n) is 5.80. The Morgan fingerprint density at radius 1 is 1.31 bits per heavy atom. The van der Waals surface area contributed by atoms with Gasteiger partial charge in [-0.05, 0) is 49.1 Å². The number of nitrogens with one attached hydrogen (secondary N) is 1. The van der Waals surface area contributed by atoms with Crippen molar-refractivity contribution in [2.75, 3.05) is 18.1 Å². The van der Waals surface area contributed by atoms with E-state index >= 15 is 0 Å². The highest BCUT2D eigenvalue weighted by Crippen LogP contribution is 2.15. The van der Waals surface area contributed by atoms with Crippen molar-refractivity contribution in [1.82, 2.24) is 5.32 Å². The van der Waals surface area contributed by atoms with Gasteiger partial charge in [-0.25, -0.2) is 0 Å². The third-order valence-electron chi connectivity index (χ3n) is 2.49. The molecule has 0 unspecified atom stereocenters. The van der Waals surface area contributed by atoms with E-state index in [9.17, 15) is 0 Å². The van der Waals surface area contributed by atoms with Crippen LogP contribution in [0.5, 0.6) is 0 Å². The van der Waals surface area contributed by atoms with Crippen molar-refractivity contribution in [1.29, 1.82) is 0 Å². The quantitative estimate of drug-likeness (QED) is 0.737. The summed E-state index contributed by atoms with van der Waals surface area (Å²) in [7, 11) is 0. The molecule has 1 aromatic rings. The molecule has 0 aliphatic heterocycles. The smallest absolute Gasteiger partial charge is 0.0406 e. The van der Waals surface area contributed by atoms with Crippen LogP contribution in [0.15, 0.2) is 24.3 Å². The lowest BCUT2D eigenvalue weighted by atomic mass is 10.1. The summed E-state index contributed by atoms with van der Waals surface area (Å²) >= 11 is 7.85. The molecule has 16 heavy (non-hydrogen) atoms. The molecule has 1 nitrogen and oxygen atoms in total. The molecule has 0 saturated heterocycles. The Morgan fingerprint density at radius 3 is 2.62 bits per heavy atom. The van der Waals surface area contributed by atoms with Crippen LogP contribution >= 0.6 is 23.4 Å². The first-order chi connectivity index (χ1) is 7.74. The molecular formula is C13H20ClNS. The van der Waals surface area contributed by atoms with Gasteiger partial charge in [-0.2, -0.15) is 11.8 Å². The SMILES string of the molecule is CCSCCCN[C@H](C)c1ccc(Cl)cc1. The Bertz CT molecular complexity index is 286. The lowest BCUT2D eigenvalue weighted by Crippen LogP contribution is -2.20. The Labute approximate surface area is 108 Å². The minimum Gasteiger partial charge on any atom is -0.310 e. The Morgan fingerprint density at radius 2 is 2.00 bits per heavy atom. The van der Waals surface area contributed by atoms with Gasteiger partial charge in [-0.1, -0.05) is 30.7 Å². The molecule has 0 heterocycles. The van der Waals surface area contributed by atoms with Gasteiger partial charge in [0.25, 0.3) is 0 Å². The standard InChI is InChI=1S/C13H20ClNS/c1-3-16-10-4-9-15-11(2)12-5-7-13(14)8-6-12/h5-8,11,15H,3-4,9-10H2,1-2H3/t11-/m1/s1. The third-order valence-corrected chi connectivity index (χ3v) is 3.73. The summed E-state index contributed by atoms with van der Waals surface area (Å²) in [5.41, 5.74) is 1.30. The predicted molar refractivity (Wildman–Crippen MR) is 75.5 cm³/mol. The highest BCUT2D eigenvalue weighted by Gasteiger charge is 2.03. The molecule has 0 radical (unpaired) electrons. The van der Waals surface area contributed by atoms with E-state index in [1.807, 2.05) is 23.9 Å². The molecule has 0 saturated carbocycles. The summed E-state index contributed by atoms with van der Waals surface area (Å²) in [4.78, 5) is 0. The topological polar surface area (TPSA) is 12.0 Å². The van der Waals surface area contributed by atoms with Crippen molar-refractivity contribution in [2.24, 2.45) is 0 Å². The molecule has 0 aliphatic carbocycles. The van der Waals surface area contributed by atoms with E-state index in [1.54, 1.807) is 0 Å².